The Morgan fingerprint density at radius 3 is 3.04 bits per heavy atom. The molecule has 0 radical (unpaired) electrons. The number of aromatic hydroxyl groups is 1. The van der Waals surface area contributed by atoms with Crippen LogP contribution in [0.25, 0.3) is 0 Å². The summed E-state index contributed by atoms with van der Waals surface area (Å²) in [7, 11) is 2.18. The van der Waals surface area contributed by atoms with Crippen molar-refractivity contribution in [2.24, 2.45) is 5.92 Å². The van der Waals surface area contributed by atoms with Crippen LogP contribution in [0, 0.1) is 5.92 Å². The average Bonchev–Trinajstić information content (AvgIpc) is 2.89. The van der Waals surface area contributed by atoms with E-state index in [1.165, 1.54) is 12.5 Å². The zero-order valence-electron chi connectivity index (χ0n) is 13.9. The van der Waals surface area contributed by atoms with E-state index in [-0.39, 0.29) is 23.2 Å². The molecule has 5 nitrogen and oxygen atoms in total. The van der Waals surface area contributed by atoms with Crippen LogP contribution in [0.2, 0.25) is 0 Å². The van der Waals surface area contributed by atoms with E-state index >= 15 is 0 Å². The third kappa shape index (κ3) is 1.56. The number of likely N-dealkylation sites (N-methyl/N-ethyl adjacent to an activating group) is 1. The first kappa shape index (κ1) is 14.3. The molecule has 0 amide bonds. The molecule has 1 fully saturated rings. The summed E-state index contributed by atoms with van der Waals surface area (Å²) in [4.78, 5) is 14.0. The maximum atomic E-state index is 11.6. The van der Waals surface area contributed by atoms with Gasteiger partial charge in [-0.25, -0.2) is 0 Å². The number of phenolic OH excluding ortho intramolecular Hbond substituents is 1. The average molecular weight is 330 g/mol. The standard InChI is InChI=1S/C19H21NO4/c1-10(21)23-15-6-4-12-13-9-11-3-5-14(22)17-16(11)19(12,18(15)24-17)7-8-20(13)2/h3-6,12-13,15,18,22H,7-9H2,1-2H3/t12?,13-,15+,18?,19+/m1/s1/i1+1,2+1,10+1. The van der Waals surface area contributed by atoms with Crippen molar-refractivity contribution in [3.8, 4) is 11.5 Å². The van der Waals surface area contributed by atoms with Crippen LogP contribution in [-0.2, 0) is 21.4 Å². The molecule has 1 N–H and O–H groups in total. The molecule has 126 valence electrons. The Bertz CT molecular complexity index is 773. The predicted molar refractivity (Wildman–Crippen MR) is 87.1 cm³/mol. The van der Waals surface area contributed by atoms with Crippen LogP contribution in [0.1, 0.15) is 24.5 Å². The lowest BCUT2D eigenvalue weighted by Gasteiger charge is -2.56. The molecule has 1 aromatic rings. The molecule has 2 bridgehead atoms. The molecule has 1 aromatic carbocycles. The molecule has 2 unspecified atom stereocenters. The van der Waals surface area contributed by atoms with Crippen LogP contribution in [0.15, 0.2) is 24.3 Å². The maximum absolute atomic E-state index is 11.6. The number of hydrogen-bond acceptors (Lipinski definition) is 5. The van der Waals surface area contributed by atoms with Crippen molar-refractivity contribution >= 4 is 5.97 Å². The highest BCUT2D eigenvalue weighted by atomic mass is 16.6. The number of nitrogens with zero attached hydrogens (tertiary/aromatic N) is 1. The Labute approximate surface area is 140 Å². The molecule has 2 aliphatic heterocycles. The van der Waals surface area contributed by atoms with Crippen molar-refractivity contribution in [2.75, 3.05) is 13.6 Å². The van der Waals surface area contributed by atoms with Gasteiger partial charge in [-0.05, 0) is 44.1 Å². The van der Waals surface area contributed by atoms with E-state index in [4.69, 9.17) is 9.47 Å². The lowest BCUT2D eigenvalue weighted by molar-refractivity contribution is -0.152. The minimum Gasteiger partial charge on any atom is -0.504 e. The van der Waals surface area contributed by atoms with E-state index in [2.05, 4.69) is 18.0 Å². The van der Waals surface area contributed by atoms with E-state index < -0.39 is 6.10 Å². The second-order valence-corrected chi connectivity index (χ2v) is 7.51. The van der Waals surface area contributed by atoms with E-state index in [1.54, 1.807) is 6.07 Å². The minimum absolute atomic E-state index is 0.190. The Morgan fingerprint density at radius 1 is 1.42 bits per heavy atom. The molecule has 24 heavy (non-hydrogen) atoms. The molecular formula is C19H21NO4. The van der Waals surface area contributed by atoms with Crippen LogP contribution in [-0.4, -0.2) is 47.8 Å². The van der Waals surface area contributed by atoms with Crippen molar-refractivity contribution in [2.45, 2.75) is 43.4 Å². The lowest BCUT2D eigenvalue weighted by Crippen LogP contribution is -2.65. The van der Waals surface area contributed by atoms with Crippen molar-refractivity contribution < 1.29 is 19.4 Å². The van der Waals surface area contributed by atoms with Gasteiger partial charge in [0.05, 0.1) is 0 Å². The van der Waals surface area contributed by atoms with Crippen molar-refractivity contribution in [3.63, 3.8) is 0 Å². The zero-order valence-corrected chi connectivity index (χ0v) is 13.9. The zero-order chi connectivity index (χ0) is 16.6. The van der Waals surface area contributed by atoms with E-state index in [0.29, 0.717) is 17.7 Å². The SMILES string of the molecule is [13CH3][13C](=O)O[C@H]1C=CC2[C@H]3Cc4ccc(O)c5c4[C@@]2(CCN3[13CH3])C1O5. The van der Waals surface area contributed by atoms with E-state index in [1.807, 2.05) is 12.1 Å². The number of likely N-dealkylation sites (tertiary alicyclic amines) is 1. The summed E-state index contributed by atoms with van der Waals surface area (Å²) in [6, 6.07) is 4.18. The fourth-order valence-electron chi connectivity index (χ4n) is 5.51. The summed E-state index contributed by atoms with van der Waals surface area (Å²) in [5.74, 6) is 0.814. The van der Waals surface area contributed by atoms with Crippen molar-refractivity contribution in [1.82, 2.24) is 4.90 Å². The second kappa shape index (κ2) is 4.54. The number of hydrogen-bond donors (Lipinski definition) is 1. The molecular weight excluding hydrogens is 309 g/mol. The Morgan fingerprint density at radius 2 is 2.25 bits per heavy atom. The van der Waals surface area contributed by atoms with Gasteiger partial charge in [-0.15, -0.1) is 0 Å². The fourth-order valence-corrected chi connectivity index (χ4v) is 5.51. The molecule has 1 spiro atoms. The fraction of sp³-hybridized carbons (Fsp3) is 0.526. The van der Waals surface area contributed by atoms with Crippen LogP contribution in [0.5, 0.6) is 11.5 Å². The number of carbonyl (C=O) groups is 1. The first-order chi connectivity index (χ1) is 11.5. The maximum Gasteiger partial charge on any atom is 0.303 e. The number of ether oxygens (including phenoxy) is 2. The number of piperidine rings is 1. The summed E-state index contributed by atoms with van der Waals surface area (Å²) >= 11 is 0. The molecule has 1 saturated heterocycles. The van der Waals surface area contributed by atoms with Gasteiger partial charge in [0.15, 0.2) is 17.6 Å². The molecule has 4 aliphatic rings. The van der Waals surface area contributed by atoms with Gasteiger partial charge in [-0.1, -0.05) is 12.1 Å². The van der Waals surface area contributed by atoms with E-state index in [0.717, 1.165) is 24.9 Å². The van der Waals surface area contributed by atoms with Gasteiger partial charge in [0.25, 0.3) is 0 Å². The van der Waals surface area contributed by atoms with Crippen LogP contribution < -0.4 is 4.74 Å². The highest BCUT2D eigenvalue weighted by molar-refractivity contribution is 5.67. The topological polar surface area (TPSA) is 59.0 Å². The lowest BCUT2D eigenvalue weighted by atomic mass is 9.53. The smallest absolute Gasteiger partial charge is 0.303 e. The van der Waals surface area contributed by atoms with Crippen LogP contribution in [0.3, 0.4) is 0 Å². The number of benzene rings is 1. The summed E-state index contributed by atoms with van der Waals surface area (Å²) in [6.07, 6.45) is 5.45. The second-order valence-electron chi connectivity index (χ2n) is 7.51. The minimum atomic E-state index is -0.402. The highest BCUT2D eigenvalue weighted by Crippen LogP contribution is 2.62. The molecule has 0 saturated carbocycles. The first-order valence-electron chi connectivity index (χ1n) is 8.60. The molecule has 2 heterocycles. The first-order valence-corrected chi connectivity index (χ1v) is 8.60. The molecule has 5 heteroatoms. The van der Waals surface area contributed by atoms with Gasteiger partial charge in [-0.3, -0.25) is 4.79 Å². The number of esters is 1. The Balaban J connectivity index is 1.74. The number of phenols is 1. The summed E-state index contributed by atoms with van der Waals surface area (Å²) in [5, 5.41) is 10.4. The van der Waals surface area contributed by atoms with Crippen LogP contribution >= 0.6 is 0 Å². The predicted octanol–water partition coefficient (Wildman–Crippen LogP) is 1.77. The monoisotopic (exact) mass is 330 g/mol. The third-order valence-corrected chi connectivity index (χ3v) is 6.43. The molecule has 5 atom stereocenters. The largest absolute Gasteiger partial charge is 0.504 e. The van der Waals surface area contributed by atoms with Gasteiger partial charge in [0.2, 0.25) is 0 Å². The highest BCUT2D eigenvalue weighted by Gasteiger charge is 2.64. The molecule has 5 rings (SSSR count). The van der Waals surface area contributed by atoms with Gasteiger partial charge >= 0.3 is 5.97 Å². The number of rotatable bonds is 1. The quantitative estimate of drug-likeness (QED) is 0.483. The molecule has 0 aromatic heterocycles. The Hall–Kier alpha value is -2.01. The normalized spacial score (nSPS) is 38.4. The van der Waals surface area contributed by atoms with Crippen molar-refractivity contribution in [3.05, 3.63) is 35.4 Å². The van der Waals surface area contributed by atoms with Crippen molar-refractivity contribution in [1.29, 1.82) is 0 Å². The van der Waals surface area contributed by atoms with Crippen LogP contribution in [0.4, 0.5) is 0 Å². The number of carbonyl (C=O) groups excluding carboxylic acids is 1. The Kier molecular flexibility index (Phi) is 2.71. The summed E-state index contributed by atoms with van der Waals surface area (Å²) in [5.41, 5.74) is 2.21. The van der Waals surface area contributed by atoms with Gasteiger partial charge in [0.1, 0.15) is 6.10 Å². The summed E-state index contributed by atoms with van der Waals surface area (Å²) in [6.45, 7) is 2.41. The third-order valence-electron chi connectivity index (χ3n) is 6.43. The van der Waals surface area contributed by atoms with Gasteiger partial charge in [-0.2, -0.15) is 0 Å². The van der Waals surface area contributed by atoms with Gasteiger partial charge < -0.3 is 19.5 Å². The summed E-state index contributed by atoms with van der Waals surface area (Å²) < 4.78 is 11.8. The van der Waals surface area contributed by atoms with Gasteiger partial charge in [0, 0.05) is 29.9 Å². The van der Waals surface area contributed by atoms with E-state index in [9.17, 15) is 9.90 Å². The molecule has 2 aliphatic carbocycles.